The van der Waals surface area contributed by atoms with Crippen molar-refractivity contribution in [2.24, 2.45) is 5.41 Å². The van der Waals surface area contributed by atoms with Crippen LogP contribution in [-0.4, -0.2) is 54.6 Å². The molecule has 1 aromatic carbocycles. The van der Waals surface area contributed by atoms with E-state index in [1.54, 1.807) is 20.8 Å². The van der Waals surface area contributed by atoms with Crippen molar-refractivity contribution in [3.63, 3.8) is 0 Å². The van der Waals surface area contributed by atoms with Crippen LogP contribution in [0.5, 0.6) is 0 Å². The molecule has 1 N–H and O–H groups in total. The third-order valence-corrected chi connectivity index (χ3v) is 7.87. The molecule has 3 aliphatic rings. The Morgan fingerprint density at radius 1 is 1.15 bits per heavy atom. The number of carbonyl (C=O) groups excluding carboxylic acids is 2. The second-order valence-electron chi connectivity index (χ2n) is 13.0. The number of benzene rings is 1. The zero-order valence-corrected chi connectivity index (χ0v) is 24.6. The van der Waals surface area contributed by atoms with Gasteiger partial charge in [0.1, 0.15) is 11.2 Å². The van der Waals surface area contributed by atoms with E-state index in [0.29, 0.717) is 40.6 Å². The molecule has 2 amide bonds. The van der Waals surface area contributed by atoms with Gasteiger partial charge in [-0.1, -0.05) is 11.6 Å². The number of halogens is 3. The van der Waals surface area contributed by atoms with Crippen molar-refractivity contribution >= 4 is 35.2 Å². The number of anilines is 2. The largest absolute Gasteiger partial charge is 0.444 e. The maximum absolute atomic E-state index is 15.5. The van der Waals surface area contributed by atoms with Crippen molar-refractivity contribution in [3.8, 4) is 11.1 Å². The van der Waals surface area contributed by atoms with Crippen LogP contribution in [0.25, 0.3) is 11.1 Å². The Balaban J connectivity index is 1.46. The van der Waals surface area contributed by atoms with Gasteiger partial charge < -0.3 is 19.7 Å². The summed E-state index contributed by atoms with van der Waals surface area (Å²) < 4.78 is 41.5. The predicted molar refractivity (Wildman–Crippen MR) is 149 cm³/mol. The van der Waals surface area contributed by atoms with Gasteiger partial charge in [-0.3, -0.25) is 9.88 Å². The number of rotatable bonds is 3. The third-order valence-electron chi connectivity index (χ3n) is 7.59. The lowest BCUT2D eigenvalue weighted by Gasteiger charge is -2.26. The van der Waals surface area contributed by atoms with Gasteiger partial charge in [-0.25, -0.2) is 18.4 Å². The van der Waals surface area contributed by atoms with Crippen LogP contribution in [0.3, 0.4) is 0 Å². The average molecular weight is 577 g/mol. The molecule has 11 heteroatoms. The summed E-state index contributed by atoms with van der Waals surface area (Å²) in [4.78, 5) is 32.9. The second kappa shape index (κ2) is 9.46. The minimum atomic E-state index is -1.08. The van der Waals surface area contributed by atoms with E-state index in [1.807, 2.05) is 20.8 Å². The van der Waals surface area contributed by atoms with Gasteiger partial charge >= 0.3 is 12.2 Å². The molecule has 2 aromatic rings. The molecular weight excluding hydrogens is 542 g/mol. The van der Waals surface area contributed by atoms with Crippen molar-refractivity contribution in [2.75, 3.05) is 29.9 Å². The van der Waals surface area contributed by atoms with E-state index in [1.165, 1.54) is 18.1 Å². The first kappa shape index (κ1) is 28.4. The molecule has 2 atom stereocenters. The van der Waals surface area contributed by atoms with Crippen LogP contribution < -0.4 is 15.1 Å². The number of aromatic nitrogens is 1. The molecule has 1 saturated heterocycles. The fourth-order valence-electron chi connectivity index (χ4n) is 5.75. The van der Waals surface area contributed by atoms with Gasteiger partial charge in [-0.15, -0.1) is 0 Å². The van der Waals surface area contributed by atoms with Crippen LogP contribution in [0.1, 0.15) is 65.6 Å². The van der Waals surface area contributed by atoms with Crippen molar-refractivity contribution in [1.82, 2.24) is 10.3 Å². The van der Waals surface area contributed by atoms with Gasteiger partial charge in [0.05, 0.1) is 22.1 Å². The third kappa shape index (κ3) is 5.18. The summed E-state index contributed by atoms with van der Waals surface area (Å²) in [6, 6.07) is 0.976. The van der Waals surface area contributed by atoms with Crippen molar-refractivity contribution in [1.29, 1.82) is 0 Å². The molecule has 1 saturated carbocycles. The maximum Gasteiger partial charge on any atom is 0.414 e. The Morgan fingerprint density at radius 2 is 1.82 bits per heavy atom. The molecule has 5 rings (SSSR count). The van der Waals surface area contributed by atoms with Gasteiger partial charge in [-0.2, -0.15) is 0 Å². The summed E-state index contributed by atoms with van der Waals surface area (Å²) >= 11 is 6.68. The smallest absolute Gasteiger partial charge is 0.414 e. The number of nitrogens with one attached hydrogen (secondary N) is 1. The molecule has 2 heterocycles. The normalized spacial score (nSPS) is 21.2. The monoisotopic (exact) mass is 576 g/mol. The highest BCUT2D eigenvalue weighted by atomic mass is 35.5. The number of fused-ring (bicyclic) bond motifs is 3. The number of nitrogens with zero attached hydrogens (tertiary/aromatic N) is 3. The molecule has 1 aliphatic heterocycles. The Morgan fingerprint density at radius 3 is 2.48 bits per heavy atom. The fourth-order valence-corrected chi connectivity index (χ4v) is 6.01. The van der Waals surface area contributed by atoms with Crippen molar-refractivity contribution in [3.05, 3.63) is 40.2 Å². The Kier molecular flexibility index (Phi) is 6.72. The first-order valence-corrected chi connectivity index (χ1v) is 13.8. The molecule has 0 radical (unpaired) electrons. The Labute approximate surface area is 238 Å². The van der Waals surface area contributed by atoms with Crippen molar-refractivity contribution in [2.45, 2.75) is 78.0 Å². The van der Waals surface area contributed by atoms with Gasteiger partial charge in [0.2, 0.25) is 0 Å². The molecule has 40 heavy (non-hydrogen) atoms. The average Bonchev–Trinajstić information content (AvgIpc) is 3.13. The summed E-state index contributed by atoms with van der Waals surface area (Å²) in [6.45, 7) is 11.9. The molecule has 0 bridgehead atoms. The van der Waals surface area contributed by atoms with Crippen LogP contribution >= 0.6 is 11.6 Å². The van der Waals surface area contributed by atoms with Crippen LogP contribution in [0.4, 0.5) is 29.7 Å². The van der Waals surface area contributed by atoms with E-state index < -0.39 is 35.0 Å². The lowest BCUT2D eigenvalue weighted by Crippen LogP contribution is -2.36. The van der Waals surface area contributed by atoms with Crippen LogP contribution in [-0.2, 0) is 15.9 Å². The minimum Gasteiger partial charge on any atom is -0.444 e. The van der Waals surface area contributed by atoms with Gasteiger partial charge in [0.25, 0.3) is 0 Å². The first-order valence-electron chi connectivity index (χ1n) is 13.4. The zero-order chi connectivity index (χ0) is 29.4. The maximum atomic E-state index is 15.5. The highest BCUT2D eigenvalue weighted by Gasteiger charge is 2.59. The van der Waals surface area contributed by atoms with E-state index in [2.05, 4.69) is 15.2 Å². The lowest BCUT2D eigenvalue weighted by molar-refractivity contribution is 0.0515. The molecule has 2 fully saturated rings. The van der Waals surface area contributed by atoms with Gasteiger partial charge in [-0.05, 0) is 59.9 Å². The van der Waals surface area contributed by atoms with E-state index >= 15 is 8.78 Å². The topological polar surface area (TPSA) is 84.0 Å². The second-order valence-corrected chi connectivity index (χ2v) is 13.4. The molecular formula is C29H35ClF2N4O4. The number of hydrogen-bond donors (Lipinski definition) is 1. The highest BCUT2D eigenvalue weighted by molar-refractivity contribution is 6.34. The number of pyridine rings is 1. The van der Waals surface area contributed by atoms with E-state index in [9.17, 15) is 9.59 Å². The quantitative estimate of drug-likeness (QED) is 0.386. The van der Waals surface area contributed by atoms with Gasteiger partial charge in [0.15, 0.2) is 11.6 Å². The lowest BCUT2D eigenvalue weighted by atomic mass is 10.0. The van der Waals surface area contributed by atoms with Crippen LogP contribution in [0.15, 0.2) is 12.3 Å². The number of carbonyl (C=O) groups is 2. The molecule has 8 nitrogen and oxygen atoms in total. The molecule has 2 aliphatic carbocycles. The summed E-state index contributed by atoms with van der Waals surface area (Å²) in [7, 11) is 1.47. The summed E-state index contributed by atoms with van der Waals surface area (Å²) in [5.41, 5.74) is 0.788. The SMILES string of the molecule is CN(C(=O)OC(C)(C)C)c1cc(F)c(F)c2c1Cc1ncc(Cl)c(N3CCC4(CC4NC(=O)OC(C)(C)C)C3)c1-2. The van der Waals surface area contributed by atoms with E-state index in [-0.39, 0.29) is 29.1 Å². The molecule has 216 valence electrons. The predicted octanol–water partition coefficient (Wildman–Crippen LogP) is 6.45. The number of hydrogen-bond acceptors (Lipinski definition) is 6. The van der Waals surface area contributed by atoms with E-state index in [0.717, 1.165) is 18.9 Å². The number of ether oxygens (including phenoxy) is 2. The molecule has 1 spiro atoms. The number of amides is 2. The van der Waals surface area contributed by atoms with Crippen LogP contribution in [0, 0.1) is 17.0 Å². The van der Waals surface area contributed by atoms with Crippen LogP contribution in [0.2, 0.25) is 5.02 Å². The zero-order valence-electron chi connectivity index (χ0n) is 23.9. The molecule has 2 unspecified atom stereocenters. The summed E-state index contributed by atoms with van der Waals surface area (Å²) in [6.07, 6.45) is 2.19. The van der Waals surface area contributed by atoms with Gasteiger partial charge in [0, 0.05) is 61.4 Å². The number of alkyl carbamates (subject to hydrolysis) is 1. The Bertz CT molecular complexity index is 1400. The summed E-state index contributed by atoms with van der Waals surface area (Å²) in [5.74, 6) is -2.09. The summed E-state index contributed by atoms with van der Waals surface area (Å²) in [5, 5.41) is 3.29. The molecule has 1 aromatic heterocycles. The first-order chi connectivity index (χ1) is 18.5. The standard InChI is InChI=1S/C29H35ClF2N4O4/c1-27(2,3)39-25(37)34-20-12-29(20)8-9-36(14-29)24-16(30)13-33-18-10-15-19(35(7)26(38)40-28(4,5)6)11-17(31)23(32)21(15)22(18)24/h11,13,20H,8-10,12,14H2,1-7H3,(H,34,37). The highest BCUT2D eigenvalue weighted by Crippen LogP contribution is 2.57. The Hall–Kier alpha value is -3.14. The van der Waals surface area contributed by atoms with Crippen molar-refractivity contribution < 1.29 is 27.8 Å². The van der Waals surface area contributed by atoms with E-state index in [4.69, 9.17) is 21.1 Å². The minimum absolute atomic E-state index is 0.0449. The fraction of sp³-hybridized carbons (Fsp3) is 0.552.